The lowest BCUT2D eigenvalue weighted by Gasteiger charge is -2.35. The van der Waals surface area contributed by atoms with Crippen molar-refractivity contribution < 1.29 is 0 Å². The zero-order valence-corrected chi connectivity index (χ0v) is 21.8. The first kappa shape index (κ1) is 25.1. The van der Waals surface area contributed by atoms with E-state index in [1.807, 2.05) is 78.9 Å². The SMILES string of the molecule is O=c1c(-c2ccccc2)cc(-c2ccc(Cl)cc2)nn1CC#CCN1CCN(c2cccc(Cl)c2)CC1. The third kappa shape index (κ3) is 6.23. The topological polar surface area (TPSA) is 41.4 Å². The molecular weight excluding hydrogens is 503 g/mol. The third-order valence-corrected chi connectivity index (χ3v) is 6.89. The van der Waals surface area contributed by atoms with Gasteiger partial charge in [-0.1, -0.05) is 83.6 Å². The summed E-state index contributed by atoms with van der Waals surface area (Å²) >= 11 is 12.2. The monoisotopic (exact) mass is 528 g/mol. The second kappa shape index (κ2) is 11.7. The highest BCUT2D eigenvalue weighted by molar-refractivity contribution is 6.31. The molecule has 0 aliphatic carbocycles. The molecule has 1 aliphatic rings. The summed E-state index contributed by atoms with van der Waals surface area (Å²) < 4.78 is 1.45. The Balaban J connectivity index is 1.30. The molecule has 7 heteroatoms. The average molecular weight is 529 g/mol. The second-order valence-electron chi connectivity index (χ2n) is 8.88. The van der Waals surface area contributed by atoms with Crippen molar-refractivity contribution in [1.82, 2.24) is 14.7 Å². The van der Waals surface area contributed by atoms with Crippen molar-refractivity contribution in [2.24, 2.45) is 0 Å². The Morgan fingerprint density at radius 1 is 0.730 bits per heavy atom. The number of hydrogen-bond donors (Lipinski definition) is 0. The number of anilines is 1. The molecule has 4 aromatic rings. The van der Waals surface area contributed by atoms with Crippen molar-refractivity contribution in [3.63, 3.8) is 0 Å². The van der Waals surface area contributed by atoms with Crippen molar-refractivity contribution in [1.29, 1.82) is 0 Å². The molecule has 0 amide bonds. The molecule has 0 saturated carbocycles. The predicted octanol–water partition coefficient (Wildman–Crippen LogP) is 5.71. The van der Waals surface area contributed by atoms with Gasteiger partial charge in [0.1, 0.15) is 6.54 Å². The largest absolute Gasteiger partial charge is 0.369 e. The van der Waals surface area contributed by atoms with E-state index in [-0.39, 0.29) is 12.1 Å². The fraction of sp³-hybridized carbons (Fsp3) is 0.200. The molecule has 0 N–H and O–H groups in total. The van der Waals surface area contributed by atoms with E-state index in [0.29, 0.717) is 22.8 Å². The van der Waals surface area contributed by atoms with Gasteiger partial charge in [-0.15, -0.1) is 0 Å². The maximum absolute atomic E-state index is 13.3. The molecule has 5 nitrogen and oxygen atoms in total. The lowest BCUT2D eigenvalue weighted by molar-refractivity contribution is 0.288. The minimum absolute atomic E-state index is 0.159. The Morgan fingerprint density at radius 2 is 1.46 bits per heavy atom. The molecule has 37 heavy (non-hydrogen) atoms. The van der Waals surface area contributed by atoms with Crippen molar-refractivity contribution >= 4 is 28.9 Å². The van der Waals surface area contributed by atoms with Gasteiger partial charge in [-0.3, -0.25) is 9.69 Å². The maximum atomic E-state index is 13.3. The van der Waals surface area contributed by atoms with Crippen LogP contribution in [0.3, 0.4) is 0 Å². The van der Waals surface area contributed by atoms with Crippen molar-refractivity contribution in [3.05, 3.63) is 105 Å². The van der Waals surface area contributed by atoms with Crippen molar-refractivity contribution in [2.45, 2.75) is 6.54 Å². The molecule has 0 unspecified atom stereocenters. The average Bonchev–Trinajstić information content (AvgIpc) is 2.93. The minimum Gasteiger partial charge on any atom is -0.369 e. The minimum atomic E-state index is -0.159. The number of hydrogen-bond acceptors (Lipinski definition) is 4. The van der Waals surface area contributed by atoms with E-state index in [0.717, 1.165) is 48.0 Å². The van der Waals surface area contributed by atoms with Gasteiger partial charge in [0.15, 0.2) is 0 Å². The van der Waals surface area contributed by atoms with E-state index in [2.05, 4.69) is 32.8 Å². The van der Waals surface area contributed by atoms with Crippen molar-refractivity contribution in [2.75, 3.05) is 37.6 Å². The quantitative estimate of drug-likeness (QED) is 0.311. The van der Waals surface area contributed by atoms with E-state index < -0.39 is 0 Å². The van der Waals surface area contributed by atoms with Crippen LogP contribution < -0.4 is 10.5 Å². The summed E-state index contributed by atoms with van der Waals surface area (Å²) in [6, 6.07) is 26.9. The number of rotatable bonds is 5. The van der Waals surface area contributed by atoms with Gasteiger partial charge in [-0.2, -0.15) is 5.10 Å². The molecule has 186 valence electrons. The summed E-state index contributed by atoms with van der Waals surface area (Å²) in [6.45, 7) is 4.57. The number of nitrogens with zero attached hydrogens (tertiary/aromatic N) is 4. The molecular formula is C30H26Cl2N4O. The Hall–Kier alpha value is -3.56. The van der Waals surface area contributed by atoms with Crippen LogP contribution in [0.5, 0.6) is 0 Å². The Kier molecular flexibility index (Phi) is 7.91. The van der Waals surface area contributed by atoms with Crippen LogP contribution in [0, 0.1) is 11.8 Å². The summed E-state index contributed by atoms with van der Waals surface area (Å²) in [6.07, 6.45) is 0. The van der Waals surface area contributed by atoms with Crippen LogP contribution in [-0.2, 0) is 6.54 Å². The summed E-state index contributed by atoms with van der Waals surface area (Å²) in [5.74, 6) is 6.40. The molecule has 5 rings (SSSR count). The highest BCUT2D eigenvalue weighted by Crippen LogP contribution is 2.23. The van der Waals surface area contributed by atoms with Crippen LogP contribution in [0.2, 0.25) is 10.0 Å². The fourth-order valence-electron chi connectivity index (χ4n) is 4.37. The van der Waals surface area contributed by atoms with Gasteiger partial charge in [-0.25, -0.2) is 4.68 Å². The van der Waals surface area contributed by atoms with Crippen LogP contribution in [0.4, 0.5) is 5.69 Å². The standard InChI is InChI=1S/C30H26Cl2N4O/c31-25-13-11-24(12-14-25)29-22-28(23-7-2-1-3-8-23)30(37)36(33-29)16-5-4-15-34-17-19-35(20-18-34)27-10-6-9-26(32)21-27/h1-3,6-14,21-22H,15-20H2. The Morgan fingerprint density at radius 3 is 2.19 bits per heavy atom. The van der Waals surface area contributed by atoms with Gasteiger partial charge >= 0.3 is 0 Å². The van der Waals surface area contributed by atoms with Crippen LogP contribution in [-0.4, -0.2) is 47.4 Å². The van der Waals surface area contributed by atoms with Crippen molar-refractivity contribution in [3.8, 4) is 34.2 Å². The van der Waals surface area contributed by atoms with E-state index in [1.54, 1.807) is 0 Å². The summed E-state index contributed by atoms with van der Waals surface area (Å²) in [5.41, 5.74) is 4.03. The molecule has 1 aliphatic heterocycles. The molecule has 1 fully saturated rings. The van der Waals surface area contributed by atoms with E-state index in [1.165, 1.54) is 4.68 Å². The first-order valence-corrected chi connectivity index (χ1v) is 12.9. The van der Waals surface area contributed by atoms with Gasteiger partial charge in [-0.05, 0) is 42.0 Å². The van der Waals surface area contributed by atoms with Crippen LogP contribution in [0.1, 0.15) is 0 Å². The molecule has 3 aromatic carbocycles. The number of aromatic nitrogens is 2. The first-order valence-electron chi connectivity index (χ1n) is 12.2. The fourth-order valence-corrected chi connectivity index (χ4v) is 4.68. The summed E-state index contributed by atoms with van der Waals surface area (Å²) in [7, 11) is 0. The number of halogens is 2. The lowest BCUT2D eigenvalue weighted by atomic mass is 10.0. The molecule has 1 saturated heterocycles. The lowest BCUT2D eigenvalue weighted by Crippen LogP contribution is -2.46. The van der Waals surface area contributed by atoms with Crippen LogP contribution >= 0.6 is 23.2 Å². The number of piperazine rings is 1. The normalized spacial score (nSPS) is 13.7. The molecule has 1 aromatic heterocycles. The molecule has 2 heterocycles. The molecule has 0 bridgehead atoms. The van der Waals surface area contributed by atoms with E-state index >= 15 is 0 Å². The summed E-state index contributed by atoms with van der Waals surface area (Å²) in [4.78, 5) is 17.9. The maximum Gasteiger partial charge on any atom is 0.275 e. The molecule has 0 radical (unpaired) electrons. The highest BCUT2D eigenvalue weighted by atomic mass is 35.5. The highest BCUT2D eigenvalue weighted by Gasteiger charge is 2.16. The Bertz CT molecular complexity index is 1480. The smallest absolute Gasteiger partial charge is 0.275 e. The van der Waals surface area contributed by atoms with Crippen LogP contribution in [0.25, 0.3) is 22.4 Å². The molecule has 0 atom stereocenters. The zero-order chi connectivity index (χ0) is 25.6. The van der Waals surface area contributed by atoms with Gasteiger partial charge in [0, 0.05) is 47.5 Å². The molecule has 0 spiro atoms. The second-order valence-corrected chi connectivity index (χ2v) is 9.75. The van der Waals surface area contributed by atoms with Gasteiger partial charge in [0.25, 0.3) is 5.56 Å². The van der Waals surface area contributed by atoms with Gasteiger partial charge in [0.05, 0.1) is 17.8 Å². The zero-order valence-electron chi connectivity index (χ0n) is 20.3. The Labute approximate surface area is 226 Å². The van der Waals surface area contributed by atoms with Gasteiger partial charge < -0.3 is 4.90 Å². The van der Waals surface area contributed by atoms with Crippen LogP contribution in [0.15, 0.2) is 89.7 Å². The third-order valence-electron chi connectivity index (χ3n) is 6.40. The first-order chi connectivity index (χ1) is 18.1. The summed E-state index contributed by atoms with van der Waals surface area (Å²) in [5, 5.41) is 6.03. The van der Waals surface area contributed by atoms with E-state index in [4.69, 9.17) is 23.2 Å². The predicted molar refractivity (Wildman–Crippen MR) is 152 cm³/mol. The van der Waals surface area contributed by atoms with E-state index in [9.17, 15) is 4.79 Å². The number of benzene rings is 3. The van der Waals surface area contributed by atoms with Gasteiger partial charge in [0.2, 0.25) is 0 Å².